The molecular formula is C12H17N3O3. The fourth-order valence-electron chi connectivity index (χ4n) is 1.36. The summed E-state index contributed by atoms with van der Waals surface area (Å²) in [6, 6.07) is 0. The Balaban J connectivity index is 2.46. The summed E-state index contributed by atoms with van der Waals surface area (Å²) in [6.07, 6.45) is 3.87. The quantitative estimate of drug-likeness (QED) is 0.724. The first-order valence-corrected chi connectivity index (χ1v) is 5.65. The van der Waals surface area contributed by atoms with Gasteiger partial charge in [0.1, 0.15) is 5.69 Å². The average Bonchev–Trinajstić information content (AvgIpc) is 2.38. The fraction of sp³-hybridized carbons (Fsp3) is 0.500. The third-order valence-electron chi connectivity index (χ3n) is 2.45. The molecule has 0 unspecified atom stereocenters. The molecule has 1 aromatic rings. The van der Waals surface area contributed by atoms with Gasteiger partial charge in [-0.25, -0.2) is 4.98 Å². The van der Waals surface area contributed by atoms with Gasteiger partial charge in [0.25, 0.3) is 5.91 Å². The van der Waals surface area contributed by atoms with E-state index in [1.165, 1.54) is 18.2 Å². The van der Waals surface area contributed by atoms with Gasteiger partial charge in [0, 0.05) is 26.2 Å². The zero-order valence-corrected chi connectivity index (χ0v) is 10.8. The van der Waals surface area contributed by atoms with E-state index in [4.69, 9.17) is 0 Å². The summed E-state index contributed by atoms with van der Waals surface area (Å²) in [7, 11) is 3.01. The number of carbonyl (C=O) groups is 2. The molecule has 1 rings (SSSR count). The second-order valence-corrected chi connectivity index (χ2v) is 3.95. The van der Waals surface area contributed by atoms with Crippen LogP contribution in [0.4, 0.5) is 0 Å². The number of aromatic nitrogens is 2. The van der Waals surface area contributed by atoms with Crippen LogP contribution in [0.25, 0.3) is 0 Å². The van der Waals surface area contributed by atoms with Crippen molar-refractivity contribution in [2.75, 3.05) is 20.7 Å². The Morgan fingerprint density at radius 2 is 2.06 bits per heavy atom. The molecule has 98 valence electrons. The number of carbonyl (C=O) groups excluding carboxylic acids is 2. The van der Waals surface area contributed by atoms with Crippen LogP contribution >= 0.6 is 0 Å². The van der Waals surface area contributed by atoms with Crippen molar-refractivity contribution in [3.63, 3.8) is 0 Å². The number of esters is 1. The summed E-state index contributed by atoms with van der Waals surface area (Å²) in [4.78, 5) is 32.4. The predicted octanol–water partition coefficient (Wildman–Crippen LogP) is 0.810. The molecular weight excluding hydrogens is 234 g/mol. The van der Waals surface area contributed by atoms with Crippen LogP contribution in [0.1, 0.15) is 29.0 Å². The Bertz CT molecular complexity index is 417. The van der Waals surface area contributed by atoms with E-state index in [1.54, 1.807) is 20.2 Å². The molecule has 0 radical (unpaired) electrons. The van der Waals surface area contributed by atoms with Gasteiger partial charge in [0.05, 0.1) is 19.0 Å². The summed E-state index contributed by atoms with van der Waals surface area (Å²) >= 11 is 0. The molecule has 0 aliphatic heterocycles. The van der Waals surface area contributed by atoms with Crippen LogP contribution in [-0.4, -0.2) is 47.4 Å². The van der Waals surface area contributed by atoms with Crippen molar-refractivity contribution in [2.45, 2.75) is 19.8 Å². The van der Waals surface area contributed by atoms with Crippen molar-refractivity contribution >= 4 is 11.9 Å². The molecule has 18 heavy (non-hydrogen) atoms. The Morgan fingerprint density at radius 1 is 1.33 bits per heavy atom. The second-order valence-electron chi connectivity index (χ2n) is 3.95. The Hall–Kier alpha value is -1.98. The number of hydrogen-bond donors (Lipinski definition) is 0. The number of aryl methyl sites for hydroxylation is 1. The highest BCUT2D eigenvalue weighted by molar-refractivity contribution is 5.91. The highest BCUT2D eigenvalue weighted by Gasteiger charge is 2.13. The van der Waals surface area contributed by atoms with Crippen LogP contribution < -0.4 is 0 Å². The maximum atomic E-state index is 11.9. The summed E-state index contributed by atoms with van der Waals surface area (Å²) in [5.41, 5.74) is 1.07. The third kappa shape index (κ3) is 4.12. The van der Waals surface area contributed by atoms with Crippen LogP contribution in [0.3, 0.4) is 0 Å². The van der Waals surface area contributed by atoms with Crippen LogP contribution in [0.2, 0.25) is 0 Å². The normalized spacial score (nSPS) is 9.94. The van der Waals surface area contributed by atoms with Crippen molar-refractivity contribution < 1.29 is 14.3 Å². The van der Waals surface area contributed by atoms with Crippen LogP contribution in [0.5, 0.6) is 0 Å². The zero-order chi connectivity index (χ0) is 13.5. The SMILES string of the molecule is COC(=O)CCCN(C)C(=O)c1cnc(C)cn1. The first-order chi connectivity index (χ1) is 8.54. The standard InChI is InChI=1S/C12H17N3O3/c1-9-7-14-10(8-13-9)12(17)15(2)6-4-5-11(16)18-3/h7-8H,4-6H2,1-3H3. The van der Waals surface area contributed by atoms with Gasteiger partial charge in [0.2, 0.25) is 0 Å². The molecule has 0 spiro atoms. The van der Waals surface area contributed by atoms with Gasteiger partial charge in [-0.15, -0.1) is 0 Å². The minimum Gasteiger partial charge on any atom is -0.469 e. The highest BCUT2D eigenvalue weighted by atomic mass is 16.5. The van der Waals surface area contributed by atoms with E-state index in [1.807, 2.05) is 0 Å². The van der Waals surface area contributed by atoms with Crippen molar-refractivity contribution in [3.05, 3.63) is 23.8 Å². The Labute approximate surface area is 106 Å². The van der Waals surface area contributed by atoms with E-state index in [2.05, 4.69) is 14.7 Å². The van der Waals surface area contributed by atoms with Crippen LogP contribution in [-0.2, 0) is 9.53 Å². The number of methoxy groups -OCH3 is 1. The molecule has 0 aliphatic carbocycles. The molecule has 1 amide bonds. The largest absolute Gasteiger partial charge is 0.469 e. The van der Waals surface area contributed by atoms with Gasteiger partial charge < -0.3 is 9.64 Å². The van der Waals surface area contributed by atoms with Crippen molar-refractivity contribution in [3.8, 4) is 0 Å². The minimum absolute atomic E-state index is 0.202. The molecule has 0 fully saturated rings. The topological polar surface area (TPSA) is 72.4 Å². The summed E-state index contributed by atoms with van der Waals surface area (Å²) in [6.45, 7) is 2.28. The molecule has 1 heterocycles. The first-order valence-electron chi connectivity index (χ1n) is 5.65. The second kappa shape index (κ2) is 6.68. The average molecular weight is 251 g/mol. The van der Waals surface area contributed by atoms with E-state index in [-0.39, 0.29) is 11.9 Å². The van der Waals surface area contributed by atoms with Gasteiger partial charge in [-0.2, -0.15) is 0 Å². The molecule has 0 saturated carbocycles. The number of hydrogen-bond acceptors (Lipinski definition) is 5. The van der Waals surface area contributed by atoms with Gasteiger partial charge in [-0.1, -0.05) is 0 Å². The monoisotopic (exact) mass is 251 g/mol. The van der Waals surface area contributed by atoms with Gasteiger partial charge in [-0.3, -0.25) is 14.6 Å². The van der Waals surface area contributed by atoms with E-state index >= 15 is 0 Å². The van der Waals surface area contributed by atoms with E-state index in [9.17, 15) is 9.59 Å². The van der Waals surface area contributed by atoms with Gasteiger partial charge >= 0.3 is 5.97 Å². The summed E-state index contributed by atoms with van der Waals surface area (Å²) < 4.78 is 4.53. The Morgan fingerprint density at radius 3 is 2.61 bits per heavy atom. The van der Waals surface area contributed by atoms with Crippen LogP contribution in [0.15, 0.2) is 12.4 Å². The minimum atomic E-state index is -0.272. The molecule has 0 aromatic carbocycles. The van der Waals surface area contributed by atoms with Gasteiger partial charge in [-0.05, 0) is 13.3 Å². The lowest BCUT2D eigenvalue weighted by molar-refractivity contribution is -0.140. The lowest BCUT2D eigenvalue weighted by Gasteiger charge is -2.15. The fourth-order valence-corrected chi connectivity index (χ4v) is 1.36. The van der Waals surface area contributed by atoms with E-state index in [0.29, 0.717) is 25.1 Å². The predicted molar refractivity (Wildman–Crippen MR) is 65.0 cm³/mol. The molecule has 0 saturated heterocycles. The highest BCUT2D eigenvalue weighted by Crippen LogP contribution is 2.02. The summed E-state index contributed by atoms with van der Waals surface area (Å²) in [5.74, 6) is -0.474. The van der Waals surface area contributed by atoms with Crippen molar-refractivity contribution in [2.24, 2.45) is 0 Å². The molecule has 0 N–H and O–H groups in total. The summed E-state index contributed by atoms with van der Waals surface area (Å²) in [5, 5.41) is 0. The third-order valence-corrected chi connectivity index (χ3v) is 2.45. The maximum Gasteiger partial charge on any atom is 0.305 e. The number of rotatable bonds is 5. The molecule has 0 bridgehead atoms. The van der Waals surface area contributed by atoms with E-state index < -0.39 is 0 Å². The zero-order valence-electron chi connectivity index (χ0n) is 10.8. The number of amides is 1. The number of ether oxygens (including phenoxy) is 1. The molecule has 6 nitrogen and oxygen atoms in total. The Kier molecular flexibility index (Phi) is 5.23. The van der Waals surface area contributed by atoms with Crippen molar-refractivity contribution in [1.29, 1.82) is 0 Å². The first kappa shape index (κ1) is 14.1. The molecule has 0 aliphatic rings. The lowest BCUT2D eigenvalue weighted by Crippen LogP contribution is -2.29. The number of nitrogens with zero attached hydrogens (tertiary/aromatic N) is 3. The molecule has 6 heteroatoms. The van der Waals surface area contributed by atoms with Gasteiger partial charge in [0.15, 0.2) is 0 Å². The lowest BCUT2D eigenvalue weighted by atomic mass is 10.3. The van der Waals surface area contributed by atoms with Crippen LogP contribution in [0, 0.1) is 6.92 Å². The van der Waals surface area contributed by atoms with E-state index in [0.717, 1.165) is 5.69 Å². The molecule has 1 aromatic heterocycles. The smallest absolute Gasteiger partial charge is 0.305 e. The molecule has 0 atom stereocenters. The van der Waals surface area contributed by atoms with Crippen molar-refractivity contribution in [1.82, 2.24) is 14.9 Å². The maximum absolute atomic E-state index is 11.9.